The van der Waals surface area contributed by atoms with Gasteiger partial charge in [0.1, 0.15) is 11.3 Å². The molecule has 2 rings (SSSR count). The van der Waals surface area contributed by atoms with Crippen LogP contribution >= 0.6 is 11.3 Å². The summed E-state index contributed by atoms with van der Waals surface area (Å²) in [5.41, 5.74) is 2.16. The minimum Gasteiger partial charge on any atom is -0.465 e. The summed E-state index contributed by atoms with van der Waals surface area (Å²) < 4.78 is 6.48. The number of aromatic nitrogens is 2. The molecule has 2 aromatic rings. The van der Waals surface area contributed by atoms with E-state index in [4.69, 9.17) is 4.74 Å². The van der Waals surface area contributed by atoms with E-state index in [0.717, 1.165) is 12.1 Å². The number of nitrogens with zero attached hydrogens (tertiary/aromatic N) is 2. The van der Waals surface area contributed by atoms with Gasteiger partial charge in [-0.25, -0.2) is 4.79 Å². The van der Waals surface area contributed by atoms with Crippen molar-refractivity contribution in [3.05, 3.63) is 28.6 Å². The smallest absolute Gasteiger partial charge is 0.341 e. The summed E-state index contributed by atoms with van der Waals surface area (Å²) in [5.74, 6) is -0.346. The minimum atomic E-state index is -0.346. The van der Waals surface area contributed by atoms with Crippen LogP contribution in [0.2, 0.25) is 0 Å². The van der Waals surface area contributed by atoms with E-state index in [1.54, 1.807) is 22.2 Å². The number of aryl methyl sites for hydroxylation is 1. The third kappa shape index (κ3) is 1.86. The topological polar surface area (TPSA) is 44.1 Å². The zero-order valence-electron chi connectivity index (χ0n) is 9.14. The predicted octanol–water partition coefficient (Wildman–Crippen LogP) is 2.42. The molecule has 5 heteroatoms. The maximum absolute atomic E-state index is 11.6. The van der Waals surface area contributed by atoms with Gasteiger partial charge >= 0.3 is 5.97 Å². The fourth-order valence-corrected chi connectivity index (χ4v) is 2.10. The Labute approximate surface area is 97.5 Å². The van der Waals surface area contributed by atoms with E-state index in [0.29, 0.717) is 11.3 Å². The van der Waals surface area contributed by atoms with Gasteiger partial charge in [0, 0.05) is 23.7 Å². The van der Waals surface area contributed by atoms with Gasteiger partial charge in [0.2, 0.25) is 0 Å². The third-order valence-electron chi connectivity index (χ3n) is 2.29. The molecule has 4 nitrogen and oxygen atoms in total. The van der Waals surface area contributed by atoms with Gasteiger partial charge in [0.15, 0.2) is 0 Å². The summed E-state index contributed by atoms with van der Waals surface area (Å²) in [6, 6.07) is 1.94. The molecule has 0 fully saturated rings. The standard InChI is InChI=1S/C11H12N2O2S/c1-3-13-6-9(11(14)15-2)10(12-13)8-4-5-16-7-8/h4-7H,3H2,1-2H3. The molecule has 0 bridgehead atoms. The first-order valence-corrected chi connectivity index (χ1v) is 5.89. The number of hydrogen-bond donors (Lipinski definition) is 0. The molecule has 2 heterocycles. The van der Waals surface area contributed by atoms with E-state index >= 15 is 0 Å². The highest BCUT2D eigenvalue weighted by Crippen LogP contribution is 2.24. The minimum absolute atomic E-state index is 0.346. The van der Waals surface area contributed by atoms with E-state index < -0.39 is 0 Å². The molecule has 0 spiro atoms. The predicted molar refractivity (Wildman–Crippen MR) is 62.6 cm³/mol. The fraction of sp³-hybridized carbons (Fsp3) is 0.273. The molecule has 84 valence electrons. The van der Waals surface area contributed by atoms with Crippen molar-refractivity contribution in [2.75, 3.05) is 7.11 Å². The van der Waals surface area contributed by atoms with Crippen molar-refractivity contribution < 1.29 is 9.53 Å². The Bertz CT molecular complexity index is 488. The van der Waals surface area contributed by atoms with Gasteiger partial charge in [0.05, 0.1) is 7.11 Å². The van der Waals surface area contributed by atoms with Crippen molar-refractivity contribution in [3.63, 3.8) is 0 Å². The van der Waals surface area contributed by atoms with Crippen LogP contribution in [-0.4, -0.2) is 22.9 Å². The van der Waals surface area contributed by atoms with E-state index in [-0.39, 0.29) is 5.97 Å². The first-order valence-electron chi connectivity index (χ1n) is 4.94. The van der Waals surface area contributed by atoms with Gasteiger partial charge in [-0.3, -0.25) is 4.68 Å². The SMILES string of the molecule is CCn1cc(C(=O)OC)c(-c2ccsc2)n1. The molecule has 0 aliphatic heterocycles. The van der Waals surface area contributed by atoms with Crippen LogP contribution in [0.25, 0.3) is 11.3 Å². The zero-order valence-corrected chi connectivity index (χ0v) is 9.95. The van der Waals surface area contributed by atoms with Crippen molar-refractivity contribution in [2.24, 2.45) is 0 Å². The molecule has 0 atom stereocenters. The van der Waals surface area contributed by atoms with Crippen molar-refractivity contribution in [2.45, 2.75) is 13.5 Å². The van der Waals surface area contributed by atoms with Crippen LogP contribution in [0.1, 0.15) is 17.3 Å². The molecule has 0 aliphatic rings. The lowest BCUT2D eigenvalue weighted by Crippen LogP contribution is -2.01. The second-order valence-electron chi connectivity index (χ2n) is 3.25. The van der Waals surface area contributed by atoms with E-state index in [2.05, 4.69) is 5.10 Å². The molecule has 0 N–H and O–H groups in total. The number of carbonyl (C=O) groups excluding carboxylic acids is 1. The van der Waals surface area contributed by atoms with Crippen LogP contribution in [0.3, 0.4) is 0 Å². The lowest BCUT2D eigenvalue weighted by atomic mass is 10.1. The van der Waals surface area contributed by atoms with Crippen molar-refractivity contribution in [1.82, 2.24) is 9.78 Å². The number of ether oxygens (including phenoxy) is 1. The number of hydrogen-bond acceptors (Lipinski definition) is 4. The molecule has 0 unspecified atom stereocenters. The Balaban J connectivity index is 2.50. The first kappa shape index (κ1) is 10.9. The zero-order chi connectivity index (χ0) is 11.5. The molecule has 0 radical (unpaired) electrons. The van der Waals surface area contributed by atoms with Crippen LogP contribution < -0.4 is 0 Å². The average Bonchev–Trinajstić information content (AvgIpc) is 2.95. The molecule has 2 aromatic heterocycles. The lowest BCUT2D eigenvalue weighted by Gasteiger charge is -1.97. The first-order chi connectivity index (χ1) is 7.76. The summed E-state index contributed by atoms with van der Waals surface area (Å²) in [6.07, 6.45) is 1.72. The number of esters is 1. The summed E-state index contributed by atoms with van der Waals surface area (Å²) in [7, 11) is 1.38. The molecular formula is C11H12N2O2S. The van der Waals surface area contributed by atoms with Gasteiger partial charge in [-0.2, -0.15) is 16.4 Å². The number of methoxy groups -OCH3 is 1. The largest absolute Gasteiger partial charge is 0.465 e. The number of thiophene rings is 1. The third-order valence-corrected chi connectivity index (χ3v) is 2.97. The number of rotatable bonds is 3. The Morgan fingerprint density at radius 3 is 3.00 bits per heavy atom. The van der Waals surface area contributed by atoms with Crippen LogP contribution in [0.5, 0.6) is 0 Å². The lowest BCUT2D eigenvalue weighted by molar-refractivity contribution is 0.0601. The Morgan fingerprint density at radius 2 is 2.44 bits per heavy atom. The highest BCUT2D eigenvalue weighted by molar-refractivity contribution is 7.08. The van der Waals surface area contributed by atoms with Crippen molar-refractivity contribution >= 4 is 17.3 Å². The van der Waals surface area contributed by atoms with E-state index in [9.17, 15) is 4.79 Å². The van der Waals surface area contributed by atoms with Crippen LogP contribution in [0.15, 0.2) is 23.0 Å². The Kier molecular flexibility index (Phi) is 3.05. The van der Waals surface area contributed by atoms with Gasteiger partial charge in [0.25, 0.3) is 0 Å². The summed E-state index contributed by atoms with van der Waals surface area (Å²) in [4.78, 5) is 11.6. The summed E-state index contributed by atoms with van der Waals surface area (Å²) >= 11 is 1.58. The van der Waals surface area contributed by atoms with Gasteiger partial charge in [-0.15, -0.1) is 0 Å². The molecule has 0 saturated carbocycles. The van der Waals surface area contributed by atoms with E-state index in [1.165, 1.54) is 7.11 Å². The second kappa shape index (κ2) is 4.49. The maximum atomic E-state index is 11.6. The Morgan fingerprint density at radius 1 is 1.62 bits per heavy atom. The fourth-order valence-electron chi connectivity index (χ4n) is 1.46. The van der Waals surface area contributed by atoms with Gasteiger partial charge < -0.3 is 4.74 Å². The van der Waals surface area contributed by atoms with Gasteiger partial charge in [-0.05, 0) is 18.4 Å². The quantitative estimate of drug-likeness (QED) is 0.769. The molecular weight excluding hydrogens is 224 g/mol. The van der Waals surface area contributed by atoms with Crippen LogP contribution in [-0.2, 0) is 11.3 Å². The number of carbonyl (C=O) groups is 1. The molecule has 0 amide bonds. The monoisotopic (exact) mass is 236 g/mol. The van der Waals surface area contributed by atoms with E-state index in [1.807, 2.05) is 23.8 Å². The normalized spacial score (nSPS) is 10.4. The average molecular weight is 236 g/mol. The van der Waals surface area contributed by atoms with Crippen LogP contribution in [0.4, 0.5) is 0 Å². The maximum Gasteiger partial charge on any atom is 0.341 e. The highest BCUT2D eigenvalue weighted by atomic mass is 32.1. The second-order valence-corrected chi connectivity index (χ2v) is 4.03. The van der Waals surface area contributed by atoms with Crippen molar-refractivity contribution in [1.29, 1.82) is 0 Å². The van der Waals surface area contributed by atoms with Gasteiger partial charge in [-0.1, -0.05) is 0 Å². The molecule has 0 saturated heterocycles. The Hall–Kier alpha value is -1.62. The molecule has 0 aliphatic carbocycles. The highest BCUT2D eigenvalue weighted by Gasteiger charge is 2.18. The van der Waals surface area contributed by atoms with Crippen molar-refractivity contribution in [3.8, 4) is 11.3 Å². The molecule has 0 aromatic carbocycles. The van der Waals surface area contributed by atoms with Crippen LogP contribution in [0, 0.1) is 0 Å². The summed E-state index contributed by atoms with van der Waals surface area (Å²) in [6.45, 7) is 2.71. The molecule has 16 heavy (non-hydrogen) atoms. The summed E-state index contributed by atoms with van der Waals surface area (Å²) in [5, 5.41) is 8.29.